The molecule has 1 aromatic carbocycles. The highest BCUT2D eigenvalue weighted by molar-refractivity contribution is 9.28. The molecule has 0 amide bonds. The van der Waals surface area contributed by atoms with Crippen molar-refractivity contribution in [2.75, 3.05) is 0 Å². The average molecular weight is 385 g/mol. The normalized spacial score (nSPS) is 9.64. The van der Waals surface area contributed by atoms with Crippen LogP contribution >= 0.6 is 47.8 Å². The lowest BCUT2D eigenvalue weighted by Crippen LogP contribution is -2.00. The van der Waals surface area contributed by atoms with Crippen molar-refractivity contribution in [2.45, 2.75) is 0 Å². The molecular weight excluding hydrogens is 380 g/mol. The van der Waals surface area contributed by atoms with E-state index in [-0.39, 0.29) is 5.57 Å². The van der Waals surface area contributed by atoms with E-state index in [2.05, 4.69) is 47.8 Å². The predicted molar refractivity (Wildman–Crippen MR) is 66.6 cm³/mol. The average Bonchev–Trinajstić information content (AvgIpc) is 2.07. The van der Waals surface area contributed by atoms with Gasteiger partial charge in [0.15, 0.2) is 0 Å². The van der Waals surface area contributed by atoms with E-state index in [9.17, 15) is 4.79 Å². The van der Waals surface area contributed by atoms with Gasteiger partial charge in [0.05, 0.1) is 8.96 Å². The van der Waals surface area contributed by atoms with Crippen LogP contribution in [0.15, 0.2) is 32.1 Å². The van der Waals surface area contributed by atoms with Gasteiger partial charge in [-0.3, -0.25) is 0 Å². The molecular formula is C9H5Br3O2. The monoisotopic (exact) mass is 382 g/mol. The van der Waals surface area contributed by atoms with Gasteiger partial charge in [0.25, 0.3) is 0 Å². The van der Waals surface area contributed by atoms with E-state index in [1.807, 2.05) is 6.07 Å². The maximum absolute atomic E-state index is 11.0. The number of hydrogen-bond donors (Lipinski definition) is 1. The third-order valence-electron chi connectivity index (χ3n) is 1.55. The Morgan fingerprint density at radius 3 is 2.21 bits per heavy atom. The van der Waals surface area contributed by atoms with E-state index in [0.29, 0.717) is 8.96 Å². The highest BCUT2D eigenvalue weighted by Gasteiger charge is 2.15. The highest BCUT2D eigenvalue weighted by atomic mass is 79.9. The number of carboxylic acid groups (broad SMARTS) is 1. The minimum Gasteiger partial charge on any atom is -0.478 e. The van der Waals surface area contributed by atoms with Crippen LogP contribution in [0.3, 0.4) is 0 Å². The molecule has 0 aromatic heterocycles. The zero-order valence-corrected chi connectivity index (χ0v) is 11.6. The summed E-state index contributed by atoms with van der Waals surface area (Å²) >= 11 is 9.51. The Kier molecular flexibility index (Phi) is 4.34. The largest absolute Gasteiger partial charge is 0.478 e. The third-order valence-corrected chi connectivity index (χ3v) is 3.03. The van der Waals surface area contributed by atoms with Crippen LogP contribution < -0.4 is 0 Å². The van der Waals surface area contributed by atoms with E-state index < -0.39 is 5.97 Å². The fourth-order valence-corrected chi connectivity index (χ4v) is 2.21. The molecule has 0 fully saturated rings. The van der Waals surface area contributed by atoms with Crippen molar-refractivity contribution in [3.05, 3.63) is 37.7 Å². The summed E-state index contributed by atoms with van der Waals surface area (Å²) in [6, 6.07) is 7.14. The van der Waals surface area contributed by atoms with Gasteiger partial charge in [-0.25, -0.2) is 4.79 Å². The van der Waals surface area contributed by atoms with E-state index in [4.69, 9.17) is 5.11 Å². The molecule has 0 atom stereocenters. The molecule has 0 unspecified atom stereocenters. The lowest BCUT2D eigenvalue weighted by Gasteiger charge is -2.05. The summed E-state index contributed by atoms with van der Waals surface area (Å²) in [7, 11) is 0. The topological polar surface area (TPSA) is 37.3 Å². The molecule has 0 radical (unpaired) electrons. The summed E-state index contributed by atoms with van der Waals surface area (Å²) in [5.74, 6) is -0.986. The summed E-state index contributed by atoms with van der Waals surface area (Å²) in [5, 5.41) is 8.98. The van der Waals surface area contributed by atoms with Crippen LogP contribution in [0, 0.1) is 0 Å². The molecule has 0 aliphatic heterocycles. The molecule has 0 aliphatic rings. The second-order valence-electron chi connectivity index (χ2n) is 2.42. The third kappa shape index (κ3) is 2.68. The minimum absolute atomic E-state index is 0.192. The number of halogens is 3. The van der Waals surface area contributed by atoms with Gasteiger partial charge in [0, 0.05) is 10.0 Å². The lowest BCUT2D eigenvalue weighted by atomic mass is 10.1. The van der Waals surface area contributed by atoms with E-state index in [1.54, 1.807) is 18.2 Å². The molecule has 0 spiro atoms. The van der Waals surface area contributed by atoms with Crippen molar-refractivity contribution in [1.82, 2.24) is 0 Å². The van der Waals surface area contributed by atoms with Crippen LogP contribution in [0.4, 0.5) is 0 Å². The molecule has 1 N–H and O–H groups in total. The molecule has 1 rings (SSSR count). The fraction of sp³-hybridized carbons (Fsp3) is 0. The van der Waals surface area contributed by atoms with E-state index >= 15 is 0 Å². The van der Waals surface area contributed by atoms with E-state index in [0.717, 1.165) is 4.47 Å². The van der Waals surface area contributed by atoms with Crippen molar-refractivity contribution in [2.24, 2.45) is 0 Å². The molecule has 1 aromatic rings. The van der Waals surface area contributed by atoms with Gasteiger partial charge in [0.2, 0.25) is 0 Å². The number of hydrogen-bond acceptors (Lipinski definition) is 1. The van der Waals surface area contributed by atoms with Crippen molar-refractivity contribution < 1.29 is 9.90 Å². The lowest BCUT2D eigenvalue weighted by molar-refractivity contribution is -0.130. The Bertz CT molecular complexity index is 395. The van der Waals surface area contributed by atoms with Gasteiger partial charge >= 0.3 is 5.97 Å². The zero-order valence-electron chi connectivity index (χ0n) is 6.80. The maximum atomic E-state index is 11.0. The van der Waals surface area contributed by atoms with Gasteiger partial charge in [-0.15, -0.1) is 0 Å². The smallest absolute Gasteiger partial charge is 0.338 e. The van der Waals surface area contributed by atoms with E-state index in [1.165, 1.54) is 0 Å². The molecule has 0 bridgehead atoms. The van der Waals surface area contributed by atoms with Gasteiger partial charge in [-0.1, -0.05) is 34.1 Å². The second kappa shape index (κ2) is 5.09. The summed E-state index contributed by atoms with van der Waals surface area (Å²) in [4.78, 5) is 11.0. The van der Waals surface area contributed by atoms with Crippen molar-refractivity contribution >= 4 is 59.3 Å². The van der Waals surface area contributed by atoms with Crippen LogP contribution in [-0.4, -0.2) is 11.1 Å². The Balaban J connectivity index is 3.35. The standard InChI is InChI=1S/C9H5Br3O2/c10-6-4-2-1-3-5(6)7(8(11)12)9(13)14/h1-4H,(H,13,14). The summed E-state index contributed by atoms with van der Waals surface area (Å²) < 4.78 is 1.17. The highest BCUT2D eigenvalue weighted by Crippen LogP contribution is 2.31. The first kappa shape index (κ1) is 11.9. The van der Waals surface area contributed by atoms with Crippen LogP contribution in [0.2, 0.25) is 0 Å². The summed E-state index contributed by atoms with van der Waals surface area (Å²) in [5.41, 5.74) is 0.821. The molecule has 5 heteroatoms. The first-order valence-electron chi connectivity index (χ1n) is 3.57. The molecule has 14 heavy (non-hydrogen) atoms. The summed E-state index contributed by atoms with van der Waals surface area (Å²) in [6.45, 7) is 0. The molecule has 2 nitrogen and oxygen atoms in total. The molecule has 0 aliphatic carbocycles. The Hall–Kier alpha value is -0.130. The van der Waals surface area contributed by atoms with Crippen LogP contribution in [0.5, 0.6) is 0 Å². The Labute approximate surface area is 106 Å². The summed E-state index contributed by atoms with van der Waals surface area (Å²) in [6.07, 6.45) is 0. The van der Waals surface area contributed by atoms with Gasteiger partial charge in [-0.05, 0) is 37.9 Å². The quantitative estimate of drug-likeness (QED) is 0.783. The van der Waals surface area contributed by atoms with Crippen molar-refractivity contribution in [3.8, 4) is 0 Å². The SMILES string of the molecule is O=C(O)C(=C(Br)Br)c1ccccc1Br. The number of carboxylic acids is 1. The van der Waals surface area contributed by atoms with Crippen molar-refractivity contribution in [3.63, 3.8) is 0 Å². The first-order chi connectivity index (χ1) is 6.54. The van der Waals surface area contributed by atoms with Gasteiger partial charge in [-0.2, -0.15) is 0 Å². The molecule has 74 valence electrons. The van der Waals surface area contributed by atoms with Crippen molar-refractivity contribution in [1.29, 1.82) is 0 Å². The zero-order chi connectivity index (χ0) is 10.7. The van der Waals surface area contributed by atoms with Gasteiger partial charge < -0.3 is 5.11 Å². The van der Waals surface area contributed by atoms with Crippen LogP contribution in [0.1, 0.15) is 5.56 Å². The van der Waals surface area contributed by atoms with Gasteiger partial charge in [0.1, 0.15) is 0 Å². The van der Waals surface area contributed by atoms with Crippen LogP contribution in [0.25, 0.3) is 5.57 Å². The number of rotatable bonds is 2. The number of benzene rings is 1. The molecule has 0 saturated heterocycles. The predicted octanol–water partition coefficient (Wildman–Crippen LogP) is 3.99. The van der Waals surface area contributed by atoms with Crippen LogP contribution in [-0.2, 0) is 4.79 Å². The second-order valence-corrected chi connectivity index (χ2v) is 5.92. The maximum Gasteiger partial charge on any atom is 0.338 e. The number of aliphatic carboxylic acids is 1. The molecule has 0 heterocycles. The minimum atomic E-state index is -0.986. The number of carbonyl (C=O) groups is 1. The Morgan fingerprint density at radius 1 is 1.21 bits per heavy atom. The molecule has 0 saturated carbocycles. The first-order valence-corrected chi connectivity index (χ1v) is 5.95. The fourth-order valence-electron chi connectivity index (χ4n) is 0.962. The Morgan fingerprint density at radius 2 is 1.79 bits per heavy atom.